The van der Waals surface area contributed by atoms with Gasteiger partial charge in [-0.1, -0.05) is 18.2 Å². The Morgan fingerprint density at radius 3 is 2.67 bits per heavy atom. The SMILES string of the molecule is CCS(=O)(=O)N1CCN(Cc2cnc(-c3ccccc3)o2)[C@H](C)C1. The molecule has 0 N–H and O–H groups in total. The number of benzene rings is 1. The molecule has 130 valence electrons. The lowest BCUT2D eigenvalue weighted by Gasteiger charge is -2.38. The zero-order valence-corrected chi connectivity index (χ0v) is 14.9. The maximum atomic E-state index is 12.0. The summed E-state index contributed by atoms with van der Waals surface area (Å²) >= 11 is 0. The summed E-state index contributed by atoms with van der Waals surface area (Å²) in [7, 11) is -3.11. The predicted molar refractivity (Wildman–Crippen MR) is 92.8 cm³/mol. The van der Waals surface area contributed by atoms with Gasteiger partial charge in [-0.3, -0.25) is 4.90 Å². The fraction of sp³-hybridized carbons (Fsp3) is 0.471. The molecule has 1 aromatic heterocycles. The number of sulfonamides is 1. The molecule has 1 aliphatic rings. The summed E-state index contributed by atoms with van der Waals surface area (Å²) in [6.45, 7) is 6.12. The van der Waals surface area contributed by atoms with E-state index >= 15 is 0 Å². The Morgan fingerprint density at radius 2 is 2.00 bits per heavy atom. The summed E-state index contributed by atoms with van der Waals surface area (Å²) < 4.78 is 31.4. The monoisotopic (exact) mass is 349 g/mol. The Morgan fingerprint density at radius 1 is 1.25 bits per heavy atom. The average Bonchev–Trinajstić information content (AvgIpc) is 3.06. The molecule has 0 bridgehead atoms. The molecule has 1 aromatic carbocycles. The van der Waals surface area contributed by atoms with Crippen LogP contribution in [0.2, 0.25) is 0 Å². The van der Waals surface area contributed by atoms with E-state index in [0.717, 1.165) is 11.3 Å². The quantitative estimate of drug-likeness (QED) is 0.828. The van der Waals surface area contributed by atoms with E-state index in [1.165, 1.54) is 0 Å². The molecule has 2 heterocycles. The summed E-state index contributed by atoms with van der Waals surface area (Å²) in [5.74, 6) is 1.57. The molecule has 6 nitrogen and oxygen atoms in total. The summed E-state index contributed by atoms with van der Waals surface area (Å²) in [5, 5.41) is 0. The molecule has 1 aliphatic heterocycles. The van der Waals surface area contributed by atoms with Gasteiger partial charge in [0.25, 0.3) is 0 Å². The average molecular weight is 349 g/mol. The third-order valence-electron chi connectivity index (χ3n) is 4.42. The molecule has 0 unspecified atom stereocenters. The lowest BCUT2D eigenvalue weighted by atomic mass is 10.2. The van der Waals surface area contributed by atoms with Gasteiger partial charge in [-0.05, 0) is 26.0 Å². The summed E-state index contributed by atoms with van der Waals surface area (Å²) in [6.07, 6.45) is 1.75. The van der Waals surface area contributed by atoms with E-state index < -0.39 is 10.0 Å². The summed E-state index contributed by atoms with van der Waals surface area (Å²) in [6, 6.07) is 9.94. The number of piperazine rings is 1. The maximum Gasteiger partial charge on any atom is 0.226 e. The summed E-state index contributed by atoms with van der Waals surface area (Å²) in [5.41, 5.74) is 0.954. The third kappa shape index (κ3) is 3.68. The molecule has 0 amide bonds. The van der Waals surface area contributed by atoms with Crippen molar-refractivity contribution in [3.8, 4) is 11.5 Å². The van der Waals surface area contributed by atoms with Gasteiger partial charge in [0.05, 0.1) is 18.5 Å². The van der Waals surface area contributed by atoms with Gasteiger partial charge in [0, 0.05) is 31.2 Å². The Kier molecular flexibility index (Phi) is 5.03. The van der Waals surface area contributed by atoms with E-state index in [1.807, 2.05) is 37.3 Å². The molecule has 3 rings (SSSR count). The van der Waals surface area contributed by atoms with Crippen molar-refractivity contribution in [3.05, 3.63) is 42.3 Å². The summed E-state index contributed by atoms with van der Waals surface area (Å²) in [4.78, 5) is 6.58. The normalized spacial score (nSPS) is 20.3. The van der Waals surface area contributed by atoms with Gasteiger partial charge in [0.2, 0.25) is 15.9 Å². The fourth-order valence-electron chi connectivity index (χ4n) is 2.93. The molecular weight excluding hydrogens is 326 g/mol. The molecule has 0 saturated carbocycles. The highest BCUT2D eigenvalue weighted by Crippen LogP contribution is 2.21. The fourth-order valence-corrected chi connectivity index (χ4v) is 4.09. The lowest BCUT2D eigenvalue weighted by molar-refractivity contribution is 0.114. The first-order valence-corrected chi connectivity index (χ1v) is 9.82. The van der Waals surface area contributed by atoms with Crippen molar-refractivity contribution in [1.29, 1.82) is 0 Å². The molecule has 0 aliphatic carbocycles. The molecule has 0 radical (unpaired) electrons. The van der Waals surface area contributed by atoms with E-state index in [1.54, 1.807) is 17.4 Å². The van der Waals surface area contributed by atoms with E-state index in [4.69, 9.17) is 4.42 Å². The minimum absolute atomic E-state index is 0.144. The van der Waals surface area contributed by atoms with Crippen LogP contribution in [-0.4, -0.2) is 54.0 Å². The van der Waals surface area contributed by atoms with Crippen molar-refractivity contribution < 1.29 is 12.8 Å². The highest BCUT2D eigenvalue weighted by Gasteiger charge is 2.30. The molecule has 7 heteroatoms. The van der Waals surface area contributed by atoms with E-state index in [9.17, 15) is 8.42 Å². The van der Waals surface area contributed by atoms with Crippen LogP contribution < -0.4 is 0 Å². The van der Waals surface area contributed by atoms with Gasteiger partial charge < -0.3 is 4.42 Å². The Balaban J connectivity index is 1.65. The smallest absolute Gasteiger partial charge is 0.226 e. The Hall–Kier alpha value is -1.70. The molecule has 1 saturated heterocycles. The van der Waals surface area contributed by atoms with Gasteiger partial charge in [-0.25, -0.2) is 13.4 Å². The Labute approximate surface area is 143 Å². The number of rotatable bonds is 5. The van der Waals surface area contributed by atoms with E-state index in [-0.39, 0.29) is 11.8 Å². The first-order chi connectivity index (χ1) is 11.5. The van der Waals surface area contributed by atoms with Crippen molar-refractivity contribution in [2.45, 2.75) is 26.4 Å². The van der Waals surface area contributed by atoms with Crippen LogP contribution in [0.1, 0.15) is 19.6 Å². The van der Waals surface area contributed by atoms with Crippen LogP contribution in [0.5, 0.6) is 0 Å². The van der Waals surface area contributed by atoms with Crippen LogP contribution in [0.25, 0.3) is 11.5 Å². The van der Waals surface area contributed by atoms with Crippen LogP contribution in [0.3, 0.4) is 0 Å². The highest BCUT2D eigenvalue weighted by atomic mass is 32.2. The molecule has 0 spiro atoms. The molecule has 1 atom stereocenters. The second kappa shape index (κ2) is 7.04. The zero-order valence-electron chi connectivity index (χ0n) is 14.1. The van der Waals surface area contributed by atoms with Crippen molar-refractivity contribution in [3.63, 3.8) is 0 Å². The number of hydrogen-bond acceptors (Lipinski definition) is 5. The zero-order chi connectivity index (χ0) is 17.2. The number of aromatic nitrogens is 1. The second-order valence-corrected chi connectivity index (χ2v) is 8.33. The molecular formula is C17H23N3O3S. The van der Waals surface area contributed by atoms with Gasteiger partial charge in [0.1, 0.15) is 5.76 Å². The van der Waals surface area contributed by atoms with Crippen LogP contribution in [0.15, 0.2) is 40.9 Å². The van der Waals surface area contributed by atoms with Gasteiger partial charge >= 0.3 is 0 Å². The van der Waals surface area contributed by atoms with Gasteiger partial charge in [-0.2, -0.15) is 4.31 Å². The van der Waals surface area contributed by atoms with Crippen LogP contribution >= 0.6 is 0 Å². The number of nitrogens with zero attached hydrogens (tertiary/aromatic N) is 3. The Bertz CT molecular complexity index is 773. The first-order valence-electron chi connectivity index (χ1n) is 8.21. The van der Waals surface area contributed by atoms with E-state index in [0.29, 0.717) is 32.1 Å². The van der Waals surface area contributed by atoms with Crippen molar-refractivity contribution in [2.75, 3.05) is 25.4 Å². The third-order valence-corrected chi connectivity index (χ3v) is 6.27. The highest BCUT2D eigenvalue weighted by molar-refractivity contribution is 7.89. The van der Waals surface area contributed by atoms with Crippen molar-refractivity contribution in [2.24, 2.45) is 0 Å². The number of oxazole rings is 1. The predicted octanol–water partition coefficient (Wildman–Crippen LogP) is 2.20. The molecule has 24 heavy (non-hydrogen) atoms. The number of hydrogen-bond donors (Lipinski definition) is 0. The van der Waals surface area contributed by atoms with Crippen molar-refractivity contribution >= 4 is 10.0 Å². The molecule has 2 aromatic rings. The van der Waals surface area contributed by atoms with Crippen LogP contribution in [0.4, 0.5) is 0 Å². The largest absolute Gasteiger partial charge is 0.440 e. The first kappa shape index (κ1) is 17.1. The maximum absolute atomic E-state index is 12.0. The lowest BCUT2D eigenvalue weighted by Crippen LogP contribution is -2.53. The van der Waals surface area contributed by atoms with Gasteiger partial charge in [-0.15, -0.1) is 0 Å². The van der Waals surface area contributed by atoms with Crippen LogP contribution in [0, 0.1) is 0 Å². The van der Waals surface area contributed by atoms with Gasteiger partial charge in [0.15, 0.2) is 0 Å². The topological polar surface area (TPSA) is 66.7 Å². The minimum Gasteiger partial charge on any atom is -0.440 e. The second-order valence-electron chi connectivity index (χ2n) is 6.08. The van der Waals surface area contributed by atoms with Crippen LogP contribution in [-0.2, 0) is 16.6 Å². The molecule has 1 fully saturated rings. The van der Waals surface area contributed by atoms with E-state index in [2.05, 4.69) is 9.88 Å². The van der Waals surface area contributed by atoms with Crippen molar-refractivity contribution in [1.82, 2.24) is 14.2 Å². The standard InChI is InChI=1S/C17H23N3O3S/c1-3-24(21,22)20-10-9-19(14(2)12-20)13-16-11-18-17(23-16)15-7-5-4-6-8-15/h4-8,11,14H,3,9-10,12-13H2,1-2H3/t14-/m1/s1. The minimum atomic E-state index is -3.11.